The van der Waals surface area contributed by atoms with Gasteiger partial charge in [0, 0.05) is 12.6 Å². The van der Waals surface area contributed by atoms with Crippen LogP contribution >= 0.6 is 0 Å². The van der Waals surface area contributed by atoms with Gasteiger partial charge in [-0.15, -0.1) is 0 Å². The molecule has 0 heterocycles. The van der Waals surface area contributed by atoms with Crippen LogP contribution in [-0.4, -0.2) is 29.4 Å². The van der Waals surface area contributed by atoms with Crippen LogP contribution in [0.5, 0.6) is 0 Å². The van der Waals surface area contributed by atoms with Crippen molar-refractivity contribution in [1.29, 1.82) is 0 Å². The normalized spacial score (nSPS) is 14.8. The summed E-state index contributed by atoms with van der Waals surface area (Å²) in [6, 6.07) is 2.93. The predicted octanol–water partition coefficient (Wildman–Crippen LogP) is 0.969. The molecule has 5 heteroatoms. The maximum absolute atomic E-state index is 12.9. The molecule has 0 saturated carbocycles. The Morgan fingerprint density at radius 1 is 1.31 bits per heavy atom. The van der Waals surface area contributed by atoms with E-state index in [-0.39, 0.29) is 12.6 Å². The third-order valence-corrected chi connectivity index (χ3v) is 2.34. The second-order valence-corrected chi connectivity index (χ2v) is 3.58. The van der Waals surface area contributed by atoms with Gasteiger partial charge in [-0.25, -0.2) is 8.78 Å². The molecule has 0 fully saturated rings. The molecular formula is C11H15F2NO2. The van der Waals surface area contributed by atoms with Crippen LogP contribution in [0.4, 0.5) is 8.78 Å². The molecule has 0 amide bonds. The first kappa shape index (κ1) is 13.0. The fourth-order valence-corrected chi connectivity index (χ4v) is 1.39. The monoisotopic (exact) mass is 231 g/mol. The van der Waals surface area contributed by atoms with E-state index in [4.69, 9.17) is 5.11 Å². The molecule has 90 valence electrons. The van der Waals surface area contributed by atoms with Crippen molar-refractivity contribution < 1.29 is 19.0 Å². The van der Waals surface area contributed by atoms with Crippen LogP contribution in [0.1, 0.15) is 18.6 Å². The SMILES string of the molecule is CC(NCCO)C(O)c1ccc(F)c(F)c1. The number of aliphatic hydroxyl groups excluding tert-OH is 2. The molecule has 16 heavy (non-hydrogen) atoms. The summed E-state index contributed by atoms with van der Waals surface area (Å²) in [7, 11) is 0. The number of hydrogen-bond donors (Lipinski definition) is 3. The maximum atomic E-state index is 12.9. The Labute approximate surface area is 92.7 Å². The van der Waals surface area contributed by atoms with Gasteiger partial charge < -0.3 is 15.5 Å². The molecule has 3 nitrogen and oxygen atoms in total. The van der Waals surface area contributed by atoms with Gasteiger partial charge in [0.15, 0.2) is 11.6 Å². The molecule has 0 aliphatic carbocycles. The smallest absolute Gasteiger partial charge is 0.159 e. The van der Waals surface area contributed by atoms with E-state index in [1.165, 1.54) is 6.07 Å². The highest BCUT2D eigenvalue weighted by molar-refractivity contribution is 5.21. The predicted molar refractivity (Wildman–Crippen MR) is 55.9 cm³/mol. The van der Waals surface area contributed by atoms with Gasteiger partial charge in [0.1, 0.15) is 0 Å². The highest BCUT2D eigenvalue weighted by atomic mass is 19.2. The largest absolute Gasteiger partial charge is 0.395 e. The Kier molecular flexibility index (Phi) is 4.79. The molecule has 0 bridgehead atoms. The molecule has 0 radical (unpaired) electrons. The summed E-state index contributed by atoms with van der Waals surface area (Å²) in [6.45, 7) is 1.98. The second-order valence-electron chi connectivity index (χ2n) is 3.58. The summed E-state index contributed by atoms with van der Waals surface area (Å²) in [6.07, 6.45) is -0.943. The highest BCUT2D eigenvalue weighted by Gasteiger charge is 2.17. The number of hydrogen-bond acceptors (Lipinski definition) is 3. The van der Waals surface area contributed by atoms with Crippen LogP contribution in [0.3, 0.4) is 0 Å². The summed E-state index contributed by atoms with van der Waals surface area (Å²) < 4.78 is 25.6. The molecule has 0 spiro atoms. The van der Waals surface area contributed by atoms with Crippen LogP contribution in [-0.2, 0) is 0 Å². The van der Waals surface area contributed by atoms with E-state index in [1.807, 2.05) is 0 Å². The van der Waals surface area contributed by atoms with E-state index in [9.17, 15) is 13.9 Å². The minimum atomic E-state index is -0.981. The molecule has 2 unspecified atom stereocenters. The zero-order chi connectivity index (χ0) is 12.1. The van der Waals surface area contributed by atoms with Gasteiger partial charge in [-0.3, -0.25) is 0 Å². The lowest BCUT2D eigenvalue weighted by atomic mass is 10.0. The van der Waals surface area contributed by atoms with Crippen molar-refractivity contribution in [2.75, 3.05) is 13.2 Å². The van der Waals surface area contributed by atoms with Gasteiger partial charge in [-0.1, -0.05) is 6.07 Å². The van der Waals surface area contributed by atoms with Crippen LogP contribution in [0.2, 0.25) is 0 Å². The van der Waals surface area contributed by atoms with Crippen LogP contribution < -0.4 is 5.32 Å². The van der Waals surface area contributed by atoms with Crippen LogP contribution in [0, 0.1) is 11.6 Å². The van der Waals surface area contributed by atoms with Crippen molar-refractivity contribution in [3.63, 3.8) is 0 Å². The minimum Gasteiger partial charge on any atom is -0.395 e. The van der Waals surface area contributed by atoms with Gasteiger partial charge in [-0.2, -0.15) is 0 Å². The fraction of sp³-hybridized carbons (Fsp3) is 0.455. The quantitative estimate of drug-likeness (QED) is 0.707. The zero-order valence-corrected chi connectivity index (χ0v) is 8.95. The summed E-state index contributed by atoms with van der Waals surface area (Å²) in [5, 5.41) is 21.2. The van der Waals surface area contributed by atoms with Crippen molar-refractivity contribution in [2.45, 2.75) is 19.1 Å². The molecule has 0 aliphatic heterocycles. The van der Waals surface area contributed by atoms with E-state index < -0.39 is 17.7 Å². The lowest BCUT2D eigenvalue weighted by molar-refractivity contribution is 0.131. The van der Waals surface area contributed by atoms with E-state index in [1.54, 1.807) is 6.92 Å². The average molecular weight is 231 g/mol. The summed E-state index contributed by atoms with van der Waals surface area (Å²) >= 11 is 0. The van der Waals surface area contributed by atoms with Gasteiger partial charge in [0.2, 0.25) is 0 Å². The Hall–Kier alpha value is -1.04. The standard InChI is InChI=1S/C11H15F2NO2/c1-7(14-4-5-15)11(16)8-2-3-9(12)10(13)6-8/h2-3,6-7,11,14-16H,4-5H2,1H3. The second kappa shape index (κ2) is 5.89. The third-order valence-electron chi connectivity index (χ3n) is 2.34. The van der Waals surface area contributed by atoms with Gasteiger partial charge in [-0.05, 0) is 24.6 Å². The van der Waals surface area contributed by atoms with E-state index in [0.717, 1.165) is 12.1 Å². The topological polar surface area (TPSA) is 52.5 Å². The molecular weight excluding hydrogens is 216 g/mol. The molecule has 0 aromatic heterocycles. The highest BCUT2D eigenvalue weighted by Crippen LogP contribution is 2.19. The maximum Gasteiger partial charge on any atom is 0.159 e. The summed E-state index contributed by atoms with van der Waals surface area (Å²) in [5.41, 5.74) is 0.303. The van der Waals surface area contributed by atoms with Gasteiger partial charge >= 0.3 is 0 Å². The molecule has 2 atom stereocenters. The number of nitrogens with one attached hydrogen (secondary N) is 1. The van der Waals surface area contributed by atoms with Crippen LogP contribution in [0.25, 0.3) is 0 Å². The summed E-state index contributed by atoms with van der Waals surface area (Å²) in [5.74, 6) is -1.92. The summed E-state index contributed by atoms with van der Waals surface area (Å²) in [4.78, 5) is 0. The number of benzene rings is 1. The number of rotatable bonds is 5. The van der Waals surface area contributed by atoms with Crippen molar-refractivity contribution in [1.82, 2.24) is 5.32 Å². The van der Waals surface area contributed by atoms with Crippen molar-refractivity contribution in [2.24, 2.45) is 0 Å². The first-order valence-corrected chi connectivity index (χ1v) is 5.03. The first-order valence-electron chi connectivity index (χ1n) is 5.03. The Morgan fingerprint density at radius 3 is 2.56 bits per heavy atom. The molecule has 3 N–H and O–H groups in total. The third kappa shape index (κ3) is 3.23. The van der Waals surface area contributed by atoms with E-state index in [2.05, 4.69) is 5.32 Å². The van der Waals surface area contributed by atoms with Crippen molar-refractivity contribution in [3.05, 3.63) is 35.4 Å². The Morgan fingerprint density at radius 2 is 2.00 bits per heavy atom. The number of aliphatic hydroxyl groups is 2. The molecule has 0 aliphatic rings. The molecule has 0 saturated heterocycles. The first-order chi connectivity index (χ1) is 7.56. The Bertz CT molecular complexity index is 347. The van der Waals surface area contributed by atoms with Crippen LogP contribution in [0.15, 0.2) is 18.2 Å². The molecule has 1 rings (SSSR count). The molecule has 1 aromatic rings. The van der Waals surface area contributed by atoms with E-state index in [0.29, 0.717) is 12.1 Å². The Balaban J connectivity index is 2.71. The zero-order valence-electron chi connectivity index (χ0n) is 8.95. The van der Waals surface area contributed by atoms with Gasteiger partial charge in [0.25, 0.3) is 0 Å². The van der Waals surface area contributed by atoms with Crippen molar-refractivity contribution >= 4 is 0 Å². The minimum absolute atomic E-state index is 0.0468. The van der Waals surface area contributed by atoms with E-state index >= 15 is 0 Å². The lowest BCUT2D eigenvalue weighted by Gasteiger charge is -2.20. The average Bonchev–Trinajstić information content (AvgIpc) is 2.28. The lowest BCUT2D eigenvalue weighted by Crippen LogP contribution is -2.34. The number of halogens is 2. The fourth-order valence-electron chi connectivity index (χ4n) is 1.39. The molecule has 1 aromatic carbocycles. The van der Waals surface area contributed by atoms with Gasteiger partial charge in [0.05, 0.1) is 12.7 Å². The van der Waals surface area contributed by atoms with Crippen molar-refractivity contribution in [3.8, 4) is 0 Å².